The van der Waals surface area contributed by atoms with E-state index in [0.717, 1.165) is 34.0 Å². The predicted molar refractivity (Wildman–Crippen MR) is 249 cm³/mol. The van der Waals surface area contributed by atoms with E-state index in [0.29, 0.717) is 87.4 Å². The summed E-state index contributed by atoms with van der Waals surface area (Å²) in [6, 6.07) is 20.1. The van der Waals surface area contributed by atoms with E-state index >= 15 is 13.6 Å². The van der Waals surface area contributed by atoms with Crippen molar-refractivity contribution in [3.63, 3.8) is 0 Å². The van der Waals surface area contributed by atoms with Crippen molar-refractivity contribution in [2.45, 2.75) is 71.9 Å². The zero-order chi connectivity index (χ0) is 47.3. The highest BCUT2D eigenvalue weighted by atomic mass is 19.1. The Morgan fingerprint density at radius 3 is 2.38 bits per heavy atom. The summed E-state index contributed by atoms with van der Waals surface area (Å²) in [5.74, 6) is -0.637. The van der Waals surface area contributed by atoms with Gasteiger partial charge in [-0.3, -0.25) is 18.6 Å². The van der Waals surface area contributed by atoms with Crippen LogP contribution in [0.3, 0.4) is 0 Å². The van der Waals surface area contributed by atoms with Crippen LogP contribution >= 0.6 is 0 Å². The third-order valence-electron chi connectivity index (χ3n) is 13.1. The highest BCUT2D eigenvalue weighted by molar-refractivity contribution is 6.02. The van der Waals surface area contributed by atoms with Gasteiger partial charge in [-0.05, 0) is 125 Å². The van der Waals surface area contributed by atoms with Crippen molar-refractivity contribution in [3.8, 4) is 22.9 Å². The number of hydrogen-bond donors (Lipinski definition) is 0. The monoisotopic (exact) mass is 919 g/mol. The summed E-state index contributed by atoms with van der Waals surface area (Å²) in [7, 11) is 1.71. The number of ether oxygens (including phenoxy) is 2. The molecule has 0 saturated carbocycles. The number of aromatic nitrogens is 10. The van der Waals surface area contributed by atoms with Crippen molar-refractivity contribution in [3.05, 3.63) is 141 Å². The van der Waals surface area contributed by atoms with Crippen LogP contribution in [-0.4, -0.2) is 90.5 Å². The Balaban J connectivity index is 1.04. The second-order valence-corrected chi connectivity index (χ2v) is 18.6. The van der Waals surface area contributed by atoms with Crippen LogP contribution in [0.15, 0.2) is 90.1 Å². The molecule has 0 spiro atoms. The molecule has 0 bridgehead atoms. The summed E-state index contributed by atoms with van der Waals surface area (Å²) in [5, 5.41) is 19.0. The maximum absolute atomic E-state index is 16.1. The Labute approximate surface area is 387 Å². The Morgan fingerprint density at radius 1 is 0.868 bits per heavy atom. The van der Waals surface area contributed by atoms with E-state index in [1.807, 2.05) is 22.8 Å². The lowest BCUT2D eigenvalue weighted by Gasteiger charge is -2.27. The number of rotatable bonds is 6. The molecule has 0 atom stereocenters. The molecule has 2 aliphatic heterocycles. The van der Waals surface area contributed by atoms with Gasteiger partial charge in [-0.2, -0.15) is 10.2 Å². The van der Waals surface area contributed by atoms with E-state index in [4.69, 9.17) is 14.6 Å². The van der Waals surface area contributed by atoms with Crippen LogP contribution in [0.5, 0.6) is 0 Å². The van der Waals surface area contributed by atoms with E-state index in [-0.39, 0.29) is 35.9 Å². The minimum atomic E-state index is -0.780. The maximum atomic E-state index is 16.1. The first kappa shape index (κ1) is 42.9. The first-order valence-corrected chi connectivity index (χ1v) is 22.5. The SMILES string of the molecule is Cc1cc(-n2nc3c(c2-n2ccn(-c4ccc5c(cnn5C)c4F)c2=O)CN(C(=O)c2cc4cc(C5CCOCC5)ccc4n2-c2cccc4c2nnn4C(=O)OC(C)(C)C)CC3)cc(C)c1F. The average molecular weight is 920 g/mol. The summed E-state index contributed by atoms with van der Waals surface area (Å²) in [4.78, 5) is 45.1. The van der Waals surface area contributed by atoms with Gasteiger partial charge in [0.05, 0.1) is 51.9 Å². The van der Waals surface area contributed by atoms with Crippen LogP contribution in [0.2, 0.25) is 0 Å². The normalized spacial score (nSPS) is 14.7. The first-order chi connectivity index (χ1) is 32.6. The third kappa shape index (κ3) is 7.00. The van der Waals surface area contributed by atoms with Crippen LogP contribution in [0.4, 0.5) is 13.6 Å². The molecule has 2 aliphatic rings. The van der Waals surface area contributed by atoms with Gasteiger partial charge in [0.1, 0.15) is 34.0 Å². The summed E-state index contributed by atoms with van der Waals surface area (Å²) >= 11 is 0. The van der Waals surface area contributed by atoms with E-state index in [1.165, 1.54) is 27.6 Å². The van der Waals surface area contributed by atoms with Gasteiger partial charge in [-0.15, -0.1) is 9.78 Å². The molecule has 11 rings (SSSR count). The Hall–Kier alpha value is -7.73. The molecular weight excluding hydrogens is 873 g/mol. The summed E-state index contributed by atoms with van der Waals surface area (Å²) in [6.07, 6.45) is 5.87. The zero-order valence-electron chi connectivity index (χ0n) is 38.3. The summed E-state index contributed by atoms with van der Waals surface area (Å²) in [6.45, 7) is 10.3. The van der Waals surface area contributed by atoms with Crippen molar-refractivity contribution >= 4 is 44.8 Å². The molecule has 346 valence electrons. The van der Waals surface area contributed by atoms with Crippen molar-refractivity contribution in [1.29, 1.82) is 0 Å². The molecule has 5 aromatic heterocycles. The van der Waals surface area contributed by atoms with Crippen molar-refractivity contribution in [1.82, 2.24) is 53.2 Å². The highest BCUT2D eigenvalue weighted by Gasteiger charge is 2.33. The van der Waals surface area contributed by atoms with Crippen LogP contribution in [-0.2, 0) is 29.5 Å². The Kier molecular flexibility index (Phi) is 10.1. The number of imidazole rings is 1. The summed E-state index contributed by atoms with van der Waals surface area (Å²) < 4.78 is 51.3. The molecule has 7 heterocycles. The molecule has 0 N–H and O–H groups in total. The van der Waals surface area contributed by atoms with Gasteiger partial charge in [-0.25, -0.2) is 23.1 Å². The molecule has 16 nitrogen and oxygen atoms in total. The number of aryl methyl sites for hydroxylation is 3. The molecule has 1 saturated heterocycles. The van der Waals surface area contributed by atoms with Crippen LogP contribution in [0.1, 0.15) is 78.0 Å². The molecular formula is C50H47F2N11O5. The third-order valence-corrected chi connectivity index (χ3v) is 13.1. The fraction of sp³-hybridized carbons (Fsp3) is 0.300. The number of benzene rings is 4. The van der Waals surface area contributed by atoms with Crippen LogP contribution in [0.25, 0.3) is 55.7 Å². The van der Waals surface area contributed by atoms with Gasteiger partial charge < -0.3 is 18.9 Å². The molecule has 0 unspecified atom stereocenters. The second kappa shape index (κ2) is 16.0. The minimum absolute atomic E-state index is 0.0356. The molecule has 1 amide bonds. The van der Waals surface area contributed by atoms with Crippen molar-refractivity contribution in [2.24, 2.45) is 7.05 Å². The van der Waals surface area contributed by atoms with Crippen molar-refractivity contribution < 1.29 is 27.8 Å². The lowest BCUT2D eigenvalue weighted by molar-refractivity contribution is 0.0519. The lowest BCUT2D eigenvalue weighted by Crippen LogP contribution is -2.37. The van der Waals surface area contributed by atoms with E-state index in [2.05, 4.69) is 27.5 Å². The van der Waals surface area contributed by atoms with Crippen LogP contribution in [0, 0.1) is 25.5 Å². The van der Waals surface area contributed by atoms with Crippen molar-refractivity contribution in [2.75, 3.05) is 19.8 Å². The lowest BCUT2D eigenvalue weighted by atomic mass is 9.91. The van der Waals surface area contributed by atoms with Gasteiger partial charge >= 0.3 is 11.8 Å². The van der Waals surface area contributed by atoms with Gasteiger partial charge in [-0.1, -0.05) is 17.3 Å². The number of amides is 1. The zero-order valence-corrected chi connectivity index (χ0v) is 38.3. The van der Waals surface area contributed by atoms with Gasteiger partial charge in [0, 0.05) is 56.6 Å². The van der Waals surface area contributed by atoms with E-state index in [1.54, 1.807) is 92.5 Å². The molecule has 0 radical (unpaired) electrons. The van der Waals surface area contributed by atoms with Crippen LogP contribution < -0.4 is 5.69 Å². The number of fused-ring (bicyclic) bond motifs is 4. The van der Waals surface area contributed by atoms with E-state index in [9.17, 15) is 9.59 Å². The highest BCUT2D eigenvalue weighted by Crippen LogP contribution is 2.36. The molecule has 0 aliphatic carbocycles. The topological polar surface area (TPSA) is 154 Å². The number of halogens is 2. The number of nitrogens with zero attached hydrogens (tertiary/aromatic N) is 11. The number of hydrogen-bond acceptors (Lipinski definition) is 9. The molecule has 1 fully saturated rings. The van der Waals surface area contributed by atoms with Gasteiger partial charge in [0.2, 0.25) is 0 Å². The number of carbonyl (C=O) groups is 2. The largest absolute Gasteiger partial charge is 0.442 e. The Bertz CT molecular complexity index is 3570. The maximum Gasteiger partial charge on any atom is 0.437 e. The molecule has 18 heteroatoms. The van der Waals surface area contributed by atoms with E-state index < -0.39 is 23.2 Å². The molecule has 4 aromatic carbocycles. The minimum Gasteiger partial charge on any atom is -0.442 e. The van der Waals surface area contributed by atoms with Gasteiger partial charge in [0.15, 0.2) is 5.82 Å². The quantitative estimate of drug-likeness (QED) is 0.161. The predicted octanol–water partition coefficient (Wildman–Crippen LogP) is 8.16. The Morgan fingerprint density at radius 2 is 1.62 bits per heavy atom. The molecule has 68 heavy (non-hydrogen) atoms. The van der Waals surface area contributed by atoms with Gasteiger partial charge in [0.25, 0.3) is 5.91 Å². The smallest absolute Gasteiger partial charge is 0.437 e. The summed E-state index contributed by atoms with van der Waals surface area (Å²) in [5.41, 5.74) is 5.35. The second-order valence-electron chi connectivity index (χ2n) is 18.6. The molecule has 9 aromatic rings. The number of carbonyl (C=O) groups excluding carboxylic acids is 2. The first-order valence-electron chi connectivity index (χ1n) is 22.5. The fourth-order valence-electron chi connectivity index (χ4n) is 9.74. The average Bonchev–Trinajstić information content (AvgIpc) is 4.16. The standard InChI is InChI=1S/C50H47F2N11O5/c1-28-22-33(23-29(2)43(28)51)62-46(60-19-18-59(48(60)65)39-13-12-38-34(44(39)52)26-53-57(38)6)35-27-58(17-14-36(35)55-62)47(64)42-25-32-24-31(30-15-20-67-21-16-30)10-11-37(32)61(42)40-8-7-9-41-45(40)54-56-63(41)49(66)68-50(3,4)5/h7-13,18-19,22-26,30H,14-17,20-21,27H2,1-6H3. The fourth-order valence-corrected chi connectivity index (χ4v) is 9.74.